The van der Waals surface area contributed by atoms with Gasteiger partial charge in [0.2, 0.25) is 0 Å². The number of aromatic nitrogens is 1. The highest BCUT2D eigenvalue weighted by Gasteiger charge is 2.34. The van der Waals surface area contributed by atoms with Crippen molar-refractivity contribution in [2.24, 2.45) is 0 Å². The summed E-state index contributed by atoms with van der Waals surface area (Å²) in [6.45, 7) is 0. The molecule has 40 heavy (non-hydrogen) atoms. The largest absolute Gasteiger partial charge is 0.453 e. The molecule has 9 rings (SSSR count). The normalized spacial score (nSPS) is 12.8. The van der Waals surface area contributed by atoms with Crippen molar-refractivity contribution in [1.29, 1.82) is 0 Å². The Labute approximate surface area is 230 Å². The van der Waals surface area contributed by atoms with Gasteiger partial charge in [0, 0.05) is 16.8 Å². The lowest BCUT2D eigenvalue weighted by Gasteiger charge is -2.37. The van der Waals surface area contributed by atoms with Crippen LogP contribution in [0.15, 0.2) is 133 Å². The summed E-state index contributed by atoms with van der Waals surface area (Å²) in [4.78, 5) is 2.26. The van der Waals surface area contributed by atoms with Gasteiger partial charge >= 0.3 is 0 Å². The minimum absolute atomic E-state index is 0.783. The average Bonchev–Trinajstić information content (AvgIpc) is 3.35. The minimum Gasteiger partial charge on any atom is -0.453 e. The van der Waals surface area contributed by atoms with E-state index in [1.807, 2.05) is 36.4 Å². The van der Waals surface area contributed by atoms with Crippen LogP contribution in [0.5, 0.6) is 23.0 Å². The highest BCUT2D eigenvalue weighted by atomic mass is 16.5. The van der Waals surface area contributed by atoms with Crippen molar-refractivity contribution in [2.45, 2.75) is 0 Å². The molecule has 0 unspecified atom stereocenters. The van der Waals surface area contributed by atoms with Crippen LogP contribution < -0.4 is 14.4 Å². The smallest absolute Gasteiger partial charge is 0.155 e. The molecule has 4 heteroatoms. The number of fused-ring (bicyclic) bond motifs is 7. The van der Waals surface area contributed by atoms with Crippen LogP contribution in [-0.2, 0) is 0 Å². The van der Waals surface area contributed by atoms with Gasteiger partial charge in [-0.05, 0) is 59.7 Å². The molecule has 188 valence electrons. The molecule has 2 aliphatic heterocycles. The summed E-state index contributed by atoms with van der Waals surface area (Å²) in [7, 11) is 0. The summed E-state index contributed by atoms with van der Waals surface area (Å²) in [6.07, 6.45) is 0. The second kappa shape index (κ2) is 8.01. The fourth-order valence-corrected chi connectivity index (χ4v) is 6.19. The van der Waals surface area contributed by atoms with Crippen molar-refractivity contribution in [2.75, 3.05) is 4.90 Å². The highest BCUT2D eigenvalue weighted by Crippen LogP contribution is 2.59. The molecule has 4 nitrogen and oxygen atoms in total. The fourth-order valence-electron chi connectivity index (χ4n) is 6.19. The third-order valence-electron chi connectivity index (χ3n) is 7.95. The van der Waals surface area contributed by atoms with Gasteiger partial charge in [0.1, 0.15) is 5.69 Å². The first-order chi connectivity index (χ1) is 19.8. The van der Waals surface area contributed by atoms with Gasteiger partial charge in [0.05, 0.1) is 28.1 Å². The summed E-state index contributed by atoms with van der Waals surface area (Å²) < 4.78 is 15.1. The molecule has 0 atom stereocenters. The Hall–Kier alpha value is -5.48. The number of nitrogens with zero attached hydrogens (tertiary/aromatic N) is 2. The maximum absolute atomic E-state index is 6.56. The second-order valence-electron chi connectivity index (χ2n) is 10.2. The fraction of sp³-hybridized carbons (Fsp3) is 0. The maximum Gasteiger partial charge on any atom is 0.155 e. The van der Waals surface area contributed by atoms with E-state index in [9.17, 15) is 0 Å². The zero-order valence-corrected chi connectivity index (χ0v) is 21.4. The van der Waals surface area contributed by atoms with Crippen LogP contribution >= 0.6 is 0 Å². The van der Waals surface area contributed by atoms with Crippen LogP contribution in [0, 0.1) is 0 Å². The highest BCUT2D eigenvalue weighted by molar-refractivity contribution is 6.10. The molecular formula is C36H22N2O2. The van der Waals surface area contributed by atoms with Crippen molar-refractivity contribution in [1.82, 2.24) is 4.57 Å². The molecule has 2 aliphatic rings. The van der Waals surface area contributed by atoms with Gasteiger partial charge in [-0.25, -0.2) is 0 Å². The third-order valence-corrected chi connectivity index (χ3v) is 7.95. The minimum atomic E-state index is 0.783. The summed E-state index contributed by atoms with van der Waals surface area (Å²) in [6, 6.07) is 46.5. The number of para-hydroxylation sites is 4. The van der Waals surface area contributed by atoms with Gasteiger partial charge in [-0.15, -0.1) is 0 Å². The first-order valence-corrected chi connectivity index (χ1v) is 13.4. The Kier molecular flexibility index (Phi) is 4.30. The maximum atomic E-state index is 6.56. The Balaban J connectivity index is 1.28. The van der Waals surface area contributed by atoms with Gasteiger partial charge in [-0.3, -0.25) is 4.90 Å². The topological polar surface area (TPSA) is 26.6 Å². The molecule has 6 aromatic carbocycles. The molecule has 0 amide bonds. The monoisotopic (exact) mass is 514 g/mol. The second-order valence-corrected chi connectivity index (χ2v) is 10.2. The van der Waals surface area contributed by atoms with Crippen LogP contribution in [-0.4, -0.2) is 4.57 Å². The molecule has 0 spiro atoms. The Morgan fingerprint density at radius 3 is 2.02 bits per heavy atom. The van der Waals surface area contributed by atoms with Crippen molar-refractivity contribution >= 4 is 38.9 Å². The van der Waals surface area contributed by atoms with Crippen molar-refractivity contribution in [3.05, 3.63) is 133 Å². The number of benzene rings is 6. The summed E-state index contributed by atoms with van der Waals surface area (Å²) in [5, 5.41) is 2.46. The van der Waals surface area contributed by atoms with Gasteiger partial charge in [0.25, 0.3) is 0 Å². The van der Waals surface area contributed by atoms with E-state index in [0.717, 1.165) is 56.8 Å². The van der Waals surface area contributed by atoms with E-state index in [1.54, 1.807) is 0 Å². The quantitative estimate of drug-likeness (QED) is 0.230. The molecular weight excluding hydrogens is 492 g/mol. The first-order valence-electron chi connectivity index (χ1n) is 13.4. The number of hydrogen-bond donors (Lipinski definition) is 0. The number of anilines is 3. The number of rotatable bonds is 2. The Morgan fingerprint density at radius 2 is 1.12 bits per heavy atom. The predicted octanol–water partition coefficient (Wildman–Crippen LogP) is 10.1. The van der Waals surface area contributed by atoms with Crippen LogP contribution in [0.3, 0.4) is 0 Å². The average molecular weight is 515 g/mol. The summed E-state index contributed by atoms with van der Waals surface area (Å²) >= 11 is 0. The van der Waals surface area contributed by atoms with E-state index in [2.05, 4.69) is 107 Å². The molecule has 0 aliphatic carbocycles. The number of hydrogen-bond acceptors (Lipinski definition) is 3. The molecule has 0 saturated heterocycles. The van der Waals surface area contributed by atoms with Crippen molar-refractivity contribution in [3.8, 4) is 39.8 Å². The zero-order chi connectivity index (χ0) is 26.2. The van der Waals surface area contributed by atoms with Crippen LogP contribution in [0.2, 0.25) is 0 Å². The van der Waals surface area contributed by atoms with E-state index < -0.39 is 0 Å². The molecule has 0 saturated carbocycles. The van der Waals surface area contributed by atoms with E-state index in [1.165, 1.54) is 21.9 Å². The number of ether oxygens (including phenoxy) is 2. The molecule has 0 radical (unpaired) electrons. The Bertz CT molecular complexity index is 2130. The first kappa shape index (κ1) is 21.5. The molecule has 0 fully saturated rings. The molecule has 3 heterocycles. The zero-order valence-electron chi connectivity index (χ0n) is 21.4. The van der Waals surface area contributed by atoms with E-state index in [0.29, 0.717) is 0 Å². The van der Waals surface area contributed by atoms with Crippen LogP contribution in [0.25, 0.3) is 38.6 Å². The Morgan fingerprint density at radius 1 is 0.425 bits per heavy atom. The lowest BCUT2D eigenvalue weighted by molar-refractivity contribution is 0.446. The standard InChI is InChI=1S/C36H22N2O2/c1-2-9-23(10-3-1)24-17-19-27-26-11-4-5-12-28(26)37(31(27)21-24)25-18-20-30-35(22-25)40-34-16-8-15-33-36(34)38(30)29-13-6-7-14-32(29)39-33/h1-22H. The molecule has 1 aromatic heterocycles. The lowest BCUT2D eigenvalue weighted by Crippen LogP contribution is -2.20. The molecule has 0 bridgehead atoms. The summed E-state index contributed by atoms with van der Waals surface area (Å²) in [5.74, 6) is 3.22. The van der Waals surface area contributed by atoms with Crippen LogP contribution in [0.1, 0.15) is 0 Å². The molecule has 7 aromatic rings. The van der Waals surface area contributed by atoms with Gasteiger partial charge < -0.3 is 14.0 Å². The molecule has 0 N–H and O–H groups in total. The third kappa shape index (κ3) is 2.96. The van der Waals surface area contributed by atoms with Gasteiger partial charge in [-0.1, -0.05) is 78.9 Å². The van der Waals surface area contributed by atoms with E-state index in [-0.39, 0.29) is 0 Å². The SMILES string of the molecule is c1ccc(-c2ccc3c4ccccc4n(-c4ccc5c(c4)Oc4cccc6c4N5c4ccccc4O6)c3c2)cc1. The van der Waals surface area contributed by atoms with Gasteiger partial charge in [0.15, 0.2) is 23.0 Å². The van der Waals surface area contributed by atoms with Crippen LogP contribution in [0.4, 0.5) is 17.1 Å². The lowest BCUT2D eigenvalue weighted by atomic mass is 10.0. The van der Waals surface area contributed by atoms with Crippen molar-refractivity contribution < 1.29 is 9.47 Å². The van der Waals surface area contributed by atoms with Crippen molar-refractivity contribution in [3.63, 3.8) is 0 Å². The summed E-state index contributed by atoms with van der Waals surface area (Å²) in [5.41, 5.74) is 8.71. The van der Waals surface area contributed by atoms with E-state index >= 15 is 0 Å². The van der Waals surface area contributed by atoms with Gasteiger partial charge in [-0.2, -0.15) is 0 Å². The predicted molar refractivity (Wildman–Crippen MR) is 161 cm³/mol. The van der Waals surface area contributed by atoms with E-state index in [4.69, 9.17) is 9.47 Å².